The van der Waals surface area contributed by atoms with Gasteiger partial charge >= 0.3 is 21.6 Å². The Hall–Kier alpha value is -1.74. The van der Waals surface area contributed by atoms with Gasteiger partial charge in [-0.05, 0) is 12.8 Å². The lowest BCUT2D eigenvalue weighted by atomic mass is 9.96. The SMILES string of the molecule is O=c1ccn2c(n1)OC[C@@]1(COS(=O)(=O)C(F)(F)F)O[C@@H]2[C@@H]2OC3(CCCC3)O[C@@H]21. The van der Waals surface area contributed by atoms with Gasteiger partial charge in [0.05, 0.1) is 0 Å². The highest BCUT2D eigenvalue weighted by atomic mass is 32.2. The van der Waals surface area contributed by atoms with Crippen molar-refractivity contribution in [1.29, 1.82) is 0 Å². The molecule has 1 saturated carbocycles. The predicted molar refractivity (Wildman–Crippen MR) is 88.7 cm³/mol. The van der Waals surface area contributed by atoms with E-state index in [-0.39, 0.29) is 6.01 Å². The molecular weight excluding hydrogens is 437 g/mol. The normalized spacial score (nSPS) is 34.4. The minimum absolute atomic E-state index is 0.123. The molecule has 1 spiro atoms. The summed E-state index contributed by atoms with van der Waals surface area (Å²) in [6, 6.07) is 1.05. The summed E-state index contributed by atoms with van der Waals surface area (Å²) < 4.78 is 90.7. The van der Waals surface area contributed by atoms with Crippen LogP contribution in [0.5, 0.6) is 6.01 Å². The number of nitrogens with zero attached hydrogens (tertiary/aromatic N) is 2. The Bertz CT molecular complexity index is 1020. The molecule has 1 aromatic rings. The van der Waals surface area contributed by atoms with Crippen LogP contribution in [0.25, 0.3) is 0 Å². The fourth-order valence-electron chi connectivity index (χ4n) is 4.39. The summed E-state index contributed by atoms with van der Waals surface area (Å²) in [4.78, 5) is 15.4. The predicted octanol–water partition coefficient (Wildman–Crippen LogP) is 0.824. The first-order chi connectivity index (χ1) is 14.0. The zero-order chi connectivity index (χ0) is 21.4. The molecule has 2 bridgehead atoms. The van der Waals surface area contributed by atoms with Crippen LogP contribution in [0.2, 0.25) is 0 Å². The molecular formula is C16H17F3N2O8S. The quantitative estimate of drug-likeness (QED) is 0.484. The van der Waals surface area contributed by atoms with E-state index in [1.54, 1.807) is 0 Å². The molecule has 0 amide bonds. The van der Waals surface area contributed by atoms with E-state index in [9.17, 15) is 26.4 Å². The van der Waals surface area contributed by atoms with E-state index < -0.39 is 64.2 Å². The fraction of sp³-hybridized carbons (Fsp3) is 0.750. The van der Waals surface area contributed by atoms with Crippen molar-refractivity contribution in [3.63, 3.8) is 0 Å². The van der Waals surface area contributed by atoms with Gasteiger partial charge in [-0.25, -0.2) is 0 Å². The topological polar surface area (TPSA) is 115 Å². The molecule has 1 aromatic heterocycles. The standard InChI is InChI=1S/C16H17F3N2O8S/c17-16(18,19)30(23,24)26-8-14-7-25-13-20-9(22)3-6-21(13)12(29-14)10-11(14)28-15(27-10)4-1-2-5-15/h3,6,10-12H,1-2,4-5,7-8H2/t10-,11+,12-,14+/m1/s1. The molecule has 4 heterocycles. The van der Waals surface area contributed by atoms with Gasteiger partial charge in [0, 0.05) is 25.1 Å². The average molecular weight is 454 g/mol. The van der Waals surface area contributed by atoms with Crippen molar-refractivity contribution in [3.05, 3.63) is 22.6 Å². The first kappa shape index (κ1) is 20.2. The van der Waals surface area contributed by atoms with E-state index in [1.807, 2.05) is 0 Å². The molecule has 0 aromatic carbocycles. The van der Waals surface area contributed by atoms with Gasteiger partial charge in [0.1, 0.15) is 25.4 Å². The molecule has 166 valence electrons. The number of halogens is 3. The van der Waals surface area contributed by atoms with E-state index in [1.165, 1.54) is 16.8 Å². The highest BCUT2D eigenvalue weighted by Crippen LogP contribution is 2.54. The number of fused-ring (bicyclic) bond motifs is 7. The van der Waals surface area contributed by atoms with Crippen LogP contribution >= 0.6 is 0 Å². The Morgan fingerprint density at radius 1 is 1.23 bits per heavy atom. The first-order valence-corrected chi connectivity index (χ1v) is 10.7. The molecule has 1 aliphatic carbocycles. The Balaban J connectivity index is 1.52. The van der Waals surface area contributed by atoms with Gasteiger partial charge in [0.25, 0.3) is 5.56 Å². The molecule has 4 atom stereocenters. The van der Waals surface area contributed by atoms with Crippen LogP contribution < -0.4 is 10.3 Å². The molecule has 30 heavy (non-hydrogen) atoms. The summed E-state index contributed by atoms with van der Waals surface area (Å²) in [5.74, 6) is -0.928. The van der Waals surface area contributed by atoms with Crippen molar-refractivity contribution in [2.75, 3.05) is 13.2 Å². The van der Waals surface area contributed by atoms with Crippen LogP contribution in [0.15, 0.2) is 17.1 Å². The third-order valence-electron chi connectivity index (χ3n) is 5.78. The van der Waals surface area contributed by atoms with Gasteiger partial charge in [-0.15, -0.1) is 0 Å². The summed E-state index contributed by atoms with van der Waals surface area (Å²) in [6.45, 7) is -1.46. The lowest BCUT2D eigenvalue weighted by Gasteiger charge is -2.33. The van der Waals surface area contributed by atoms with Gasteiger partial charge in [-0.3, -0.25) is 13.5 Å². The van der Waals surface area contributed by atoms with E-state index in [2.05, 4.69) is 9.17 Å². The van der Waals surface area contributed by atoms with Gasteiger partial charge in [0.2, 0.25) is 0 Å². The molecule has 3 aliphatic heterocycles. The summed E-state index contributed by atoms with van der Waals surface area (Å²) in [5, 5.41) is 0. The molecule has 3 fully saturated rings. The van der Waals surface area contributed by atoms with Gasteiger partial charge in [-0.1, -0.05) is 0 Å². The summed E-state index contributed by atoms with van der Waals surface area (Å²) in [7, 11) is -5.87. The molecule has 2 saturated heterocycles. The Morgan fingerprint density at radius 3 is 2.67 bits per heavy atom. The molecule has 5 rings (SSSR count). The highest BCUT2D eigenvalue weighted by Gasteiger charge is 2.68. The second-order valence-corrected chi connectivity index (χ2v) is 9.33. The van der Waals surface area contributed by atoms with E-state index >= 15 is 0 Å². The van der Waals surface area contributed by atoms with Gasteiger partial charge in [0.15, 0.2) is 17.6 Å². The van der Waals surface area contributed by atoms with E-state index in [0.29, 0.717) is 12.8 Å². The lowest BCUT2D eigenvalue weighted by molar-refractivity contribution is -0.237. The number of aromatic nitrogens is 2. The van der Waals surface area contributed by atoms with Crippen LogP contribution in [0, 0.1) is 0 Å². The Kier molecular flexibility index (Phi) is 4.29. The van der Waals surface area contributed by atoms with Crippen molar-refractivity contribution in [2.45, 2.75) is 61.0 Å². The number of hydrogen-bond acceptors (Lipinski definition) is 9. The Morgan fingerprint density at radius 2 is 1.97 bits per heavy atom. The van der Waals surface area contributed by atoms with Crippen LogP contribution in [-0.4, -0.2) is 60.3 Å². The van der Waals surface area contributed by atoms with Crippen molar-refractivity contribution < 1.29 is 44.7 Å². The van der Waals surface area contributed by atoms with Crippen molar-refractivity contribution >= 4 is 10.1 Å². The average Bonchev–Trinajstić information content (AvgIpc) is 3.31. The summed E-state index contributed by atoms with van der Waals surface area (Å²) in [5.41, 5.74) is -7.91. The molecule has 10 nitrogen and oxygen atoms in total. The number of hydrogen-bond donors (Lipinski definition) is 0. The molecule has 4 aliphatic rings. The largest absolute Gasteiger partial charge is 0.523 e. The second-order valence-electron chi connectivity index (χ2n) is 7.72. The second kappa shape index (κ2) is 6.38. The molecule has 0 N–H and O–H groups in total. The molecule has 14 heteroatoms. The zero-order valence-corrected chi connectivity index (χ0v) is 16.1. The molecule has 0 unspecified atom stereocenters. The van der Waals surface area contributed by atoms with Gasteiger partial charge < -0.3 is 18.9 Å². The zero-order valence-electron chi connectivity index (χ0n) is 15.3. The minimum Gasteiger partial charge on any atom is -0.461 e. The highest BCUT2D eigenvalue weighted by molar-refractivity contribution is 7.87. The van der Waals surface area contributed by atoms with E-state index in [4.69, 9.17) is 18.9 Å². The van der Waals surface area contributed by atoms with Crippen molar-refractivity contribution in [1.82, 2.24) is 9.55 Å². The third-order valence-corrected chi connectivity index (χ3v) is 6.77. The number of ether oxygens (including phenoxy) is 4. The minimum atomic E-state index is -5.87. The van der Waals surface area contributed by atoms with Crippen LogP contribution in [0.4, 0.5) is 13.2 Å². The maximum atomic E-state index is 12.8. The Labute approximate surface area is 167 Å². The molecule has 0 radical (unpaired) electrons. The maximum absolute atomic E-state index is 12.8. The van der Waals surface area contributed by atoms with Crippen molar-refractivity contribution in [2.24, 2.45) is 0 Å². The van der Waals surface area contributed by atoms with Crippen LogP contribution in [0.1, 0.15) is 31.9 Å². The lowest BCUT2D eigenvalue weighted by Crippen LogP contribution is -2.52. The smallest absolute Gasteiger partial charge is 0.461 e. The number of alkyl halides is 3. The maximum Gasteiger partial charge on any atom is 0.523 e. The van der Waals surface area contributed by atoms with E-state index in [0.717, 1.165) is 12.8 Å². The monoisotopic (exact) mass is 454 g/mol. The third kappa shape index (κ3) is 2.96. The fourth-order valence-corrected chi connectivity index (χ4v) is 4.88. The van der Waals surface area contributed by atoms with Gasteiger partial charge in [-0.2, -0.15) is 26.6 Å². The van der Waals surface area contributed by atoms with Crippen molar-refractivity contribution in [3.8, 4) is 6.01 Å². The van der Waals surface area contributed by atoms with Crippen LogP contribution in [0.3, 0.4) is 0 Å². The van der Waals surface area contributed by atoms with Crippen LogP contribution in [-0.2, 0) is 28.5 Å². The summed E-state index contributed by atoms with van der Waals surface area (Å²) >= 11 is 0. The summed E-state index contributed by atoms with van der Waals surface area (Å²) in [6.07, 6.45) is 1.53. The number of rotatable bonds is 3. The first-order valence-electron chi connectivity index (χ1n) is 9.25.